The molecule has 6 heteroatoms. The first-order valence-electron chi connectivity index (χ1n) is 10.3. The molecule has 2 N–H and O–H groups in total. The van der Waals surface area contributed by atoms with Gasteiger partial charge in [0.15, 0.2) is 5.78 Å². The highest BCUT2D eigenvalue weighted by Crippen LogP contribution is 2.22. The molecule has 3 aromatic rings. The van der Waals surface area contributed by atoms with Crippen LogP contribution in [0.1, 0.15) is 44.3 Å². The van der Waals surface area contributed by atoms with Crippen LogP contribution in [0.15, 0.2) is 66.7 Å². The maximum atomic E-state index is 12.7. The van der Waals surface area contributed by atoms with Gasteiger partial charge in [0.2, 0.25) is 5.91 Å². The summed E-state index contributed by atoms with van der Waals surface area (Å²) in [5, 5.41) is 5.69. The van der Waals surface area contributed by atoms with Gasteiger partial charge in [-0.25, -0.2) is 0 Å². The Morgan fingerprint density at radius 3 is 2.34 bits per heavy atom. The number of hydrogen-bond donors (Lipinski definition) is 2. The maximum absolute atomic E-state index is 12.7. The Labute approximate surface area is 187 Å². The molecule has 0 radical (unpaired) electrons. The van der Waals surface area contributed by atoms with Crippen molar-refractivity contribution in [2.75, 3.05) is 12.4 Å². The van der Waals surface area contributed by atoms with Gasteiger partial charge in [-0.05, 0) is 49.7 Å². The molecule has 3 aromatic carbocycles. The SMILES string of the molecule is COc1ccc(C(C)=O)cc1CC(=O)Nc1ccccc1C(=O)NCc1ccc(C)cc1. The summed E-state index contributed by atoms with van der Waals surface area (Å²) in [5.74, 6) is -0.167. The fraction of sp³-hybridized carbons (Fsp3) is 0.192. The fourth-order valence-electron chi connectivity index (χ4n) is 3.28. The summed E-state index contributed by atoms with van der Waals surface area (Å²) in [6.45, 7) is 3.86. The molecule has 0 aliphatic rings. The Morgan fingerprint density at radius 1 is 0.938 bits per heavy atom. The van der Waals surface area contributed by atoms with Crippen molar-refractivity contribution in [1.82, 2.24) is 5.32 Å². The number of aryl methyl sites for hydroxylation is 1. The summed E-state index contributed by atoms with van der Waals surface area (Å²) < 4.78 is 5.32. The number of ether oxygens (including phenoxy) is 1. The third-order valence-corrected chi connectivity index (χ3v) is 5.06. The Balaban J connectivity index is 1.71. The number of rotatable bonds is 8. The largest absolute Gasteiger partial charge is 0.496 e. The van der Waals surface area contributed by atoms with Crippen molar-refractivity contribution in [2.45, 2.75) is 26.8 Å². The molecule has 0 saturated carbocycles. The smallest absolute Gasteiger partial charge is 0.253 e. The molecule has 2 amide bonds. The van der Waals surface area contributed by atoms with E-state index in [1.807, 2.05) is 31.2 Å². The number of carbonyl (C=O) groups is 3. The monoisotopic (exact) mass is 430 g/mol. The fourth-order valence-corrected chi connectivity index (χ4v) is 3.28. The number of hydrogen-bond acceptors (Lipinski definition) is 4. The lowest BCUT2D eigenvalue weighted by atomic mass is 10.0. The third-order valence-electron chi connectivity index (χ3n) is 5.06. The van der Waals surface area contributed by atoms with Crippen LogP contribution in [0.5, 0.6) is 5.75 Å². The lowest BCUT2D eigenvalue weighted by Crippen LogP contribution is -2.25. The molecule has 0 spiro atoms. The van der Waals surface area contributed by atoms with Gasteiger partial charge in [0.25, 0.3) is 5.91 Å². The molecule has 32 heavy (non-hydrogen) atoms. The van der Waals surface area contributed by atoms with Gasteiger partial charge in [-0.15, -0.1) is 0 Å². The molecular formula is C26H26N2O4. The van der Waals surface area contributed by atoms with Crippen LogP contribution >= 0.6 is 0 Å². The minimum Gasteiger partial charge on any atom is -0.496 e. The second-order valence-electron chi connectivity index (χ2n) is 7.52. The number of amides is 2. The van der Waals surface area contributed by atoms with Crippen molar-refractivity contribution in [2.24, 2.45) is 0 Å². The van der Waals surface area contributed by atoms with Crippen LogP contribution in [0.2, 0.25) is 0 Å². The minimum atomic E-state index is -0.317. The summed E-state index contributed by atoms with van der Waals surface area (Å²) in [5.41, 5.74) is 4.03. The summed E-state index contributed by atoms with van der Waals surface area (Å²) in [7, 11) is 1.51. The molecule has 0 aliphatic carbocycles. The Bertz CT molecular complexity index is 1140. The molecule has 0 heterocycles. The molecule has 6 nitrogen and oxygen atoms in total. The van der Waals surface area contributed by atoms with E-state index in [-0.39, 0.29) is 24.0 Å². The lowest BCUT2D eigenvalue weighted by molar-refractivity contribution is -0.115. The van der Waals surface area contributed by atoms with Gasteiger partial charge in [-0.3, -0.25) is 14.4 Å². The van der Waals surface area contributed by atoms with E-state index < -0.39 is 0 Å². The van der Waals surface area contributed by atoms with Gasteiger partial charge in [0.05, 0.1) is 24.8 Å². The van der Waals surface area contributed by atoms with Crippen molar-refractivity contribution in [3.8, 4) is 5.75 Å². The average Bonchev–Trinajstić information content (AvgIpc) is 2.78. The summed E-state index contributed by atoms with van der Waals surface area (Å²) in [6.07, 6.45) is 0.00358. The number of Topliss-reactive ketones (excluding diaryl/α,β-unsaturated/α-hetero) is 1. The van der Waals surface area contributed by atoms with Crippen LogP contribution in [0.4, 0.5) is 5.69 Å². The molecular weight excluding hydrogens is 404 g/mol. The van der Waals surface area contributed by atoms with Crippen LogP contribution in [0, 0.1) is 6.92 Å². The van der Waals surface area contributed by atoms with Gasteiger partial charge in [0.1, 0.15) is 5.75 Å². The molecule has 0 unspecified atom stereocenters. The van der Waals surface area contributed by atoms with E-state index in [0.29, 0.717) is 34.7 Å². The maximum Gasteiger partial charge on any atom is 0.253 e. The van der Waals surface area contributed by atoms with Crippen molar-refractivity contribution in [1.29, 1.82) is 0 Å². The zero-order valence-electron chi connectivity index (χ0n) is 18.4. The average molecular weight is 431 g/mol. The van der Waals surface area contributed by atoms with Crippen molar-refractivity contribution in [3.05, 3.63) is 94.5 Å². The quantitative estimate of drug-likeness (QED) is 0.522. The van der Waals surface area contributed by atoms with Crippen LogP contribution in [-0.2, 0) is 17.8 Å². The van der Waals surface area contributed by atoms with Crippen LogP contribution in [0.25, 0.3) is 0 Å². The molecule has 0 aromatic heterocycles. The van der Waals surface area contributed by atoms with Gasteiger partial charge < -0.3 is 15.4 Å². The van der Waals surface area contributed by atoms with E-state index in [0.717, 1.165) is 11.1 Å². The minimum absolute atomic E-state index is 0.00358. The number of para-hydroxylation sites is 1. The molecule has 0 fully saturated rings. The molecule has 0 bridgehead atoms. The van der Waals surface area contributed by atoms with Gasteiger partial charge in [-0.2, -0.15) is 0 Å². The topological polar surface area (TPSA) is 84.5 Å². The van der Waals surface area contributed by atoms with E-state index in [1.54, 1.807) is 42.5 Å². The summed E-state index contributed by atoms with van der Waals surface area (Å²) >= 11 is 0. The molecule has 0 saturated heterocycles. The van der Waals surface area contributed by atoms with E-state index in [9.17, 15) is 14.4 Å². The summed E-state index contributed by atoms with van der Waals surface area (Å²) in [6, 6.07) is 19.7. The Hall–Kier alpha value is -3.93. The second-order valence-corrected chi connectivity index (χ2v) is 7.52. The van der Waals surface area contributed by atoms with Crippen molar-refractivity contribution < 1.29 is 19.1 Å². The highest BCUT2D eigenvalue weighted by molar-refractivity contribution is 6.04. The number of nitrogens with one attached hydrogen (secondary N) is 2. The Morgan fingerprint density at radius 2 is 1.66 bits per heavy atom. The number of carbonyl (C=O) groups excluding carboxylic acids is 3. The van der Waals surface area contributed by atoms with E-state index in [4.69, 9.17) is 4.74 Å². The predicted molar refractivity (Wildman–Crippen MR) is 124 cm³/mol. The van der Waals surface area contributed by atoms with E-state index in [1.165, 1.54) is 14.0 Å². The number of methoxy groups -OCH3 is 1. The standard InChI is InChI=1S/C26H26N2O4/c1-17-8-10-19(11-9-17)16-27-26(31)22-6-4-5-7-23(22)28-25(30)15-21-14-20(18(2)29)12-13-24(21)32-3/h4-14H,15-16H2,1-3H3,(H,27,31)(H,28,30). The van der Waals surface area contributed by atoms with E-state index in [2.05, 4.69) is 10.6 Å². The summed E-state index contributed by atoms with van der Waals surface area (Å²) in [4.78, 5) is 37.2. The first-order chi connectivity index (χ1) is 15.4. The third kappa shape index (κ3) is 5.82. The van der Waals surface area contributed by atoms with Crippen molar-refractivity contribution in [3.63, 3.8) is 0 Å². The lowest BCUT2D eigenvalue weighted by Gasteiger charge is -2.13. The Kier molecular flexibility index (Phi) is 7.39. The normalized spacial score (nSPS) is 10.3. The first-order valence-corrected chi connectivity index (χ1v) is 10.3. The molecule has 0 aliphatic heterocycles. The highest BCUT2D eigenvalue weighted by atomic mass is 16.5. The molecule has 3 rings (SSSR count). The molecule has 0 atom stereocenters. The van der Waals surface area contributed by atoms with Crippen LogP contribution in [-0.4, -0.2) is 24.7 Å². The zero-order valence-corrected chi connectivity index (χ0v) is 18.4. The van der Waals surface area contributed by atoms with Gasteiger partial charge >= 0.3 is 0 Å². The predicted octanol–water partition coefficient (Wildman–Crippen LogP) is 4.32. The van der Waals surface area contributed by atoms with E-state index >= 15 is 0 Å². The number of anilines is 1. The highest BCUT2D eigenvalue weighted by Gasteiger charge is 2.15. The van der Waals surface area contributed by atoms with Crippen LogP contribution < -0.4 is 15.4 Å². The number of benzene rings is 3. The number of ketones is 1. The van der Waals surface area contributed by atoms with Gasteiger partial charge in [-0.1, -0.05) is 42.0 Å². The molecule has 164 valence electrons. The zero-order chi connectivity index (χ0) is 23.1. The van der Waals surface area contributed by atoms with Crippen molar-refractivity contribution >= 4 is 23.3 Å². The van der Waals surface area contributed by atoms with Crippen LogP contribution in [0.3, 0.4) is 0 Å². The van der Waals surface area contributed by atoms with Gasteiger partial charge in [0, 0.05) is 17.7 Å². The second kappa shape index (κ2) is 10.4. The first kappa shape index (κ1) is 22.7.